The fraction of sp³-hybridized carbons (Fsp3) is 0.0769. The minimum atomic E-state index is -0.431. The Labute approximate surface area is 113 Å². The van der Waals surface area contributed by atoms with E-state index in [-0.39, 0.29) is 28.7 Å². The van der Waals surface area contributed by atoms with Gasteiger partial charge in [-0.2, -0.15) is 0 Å². The summed E-state index contributed by atoms with van der Waals surface area (Å²) in [5.74, 6) is -1.28. The first-order valence-electron chi connectivity index (χ1n) is 5.59. The summed E-state index contributed by atoms with van der Waals surface area (Å²) in [4.78, 5) is 0. The number of nitrogens with one attached hydrogen (secondary N) is 1. The van der Waals surface area contributed by atoms with Crippen molar-refractivity contribution in [2.75, 3.05) is 5.48 Å². The Morgan fingerprint density at radius 3 is 1.90 bits per heavy atom. The number of phenolic OH excluding ortho intramolecular Hbond substituents is 4. The van der Waals surface area contributed by atoms with Gasteiger partial charge in [0.2, 0.25) is 0 Å². The van der Waals surface area contributed by atoms with Gasteiger partial charge in [-0.05, 0) is 18.6 Å². The maximum Gasteiger partial charge on any atom is 0.161 e. The van der Waals surface area contributed by atoms with Crippen LogP contribution in [0.3, 0.4) is 0 Å². The van der Waals surface area contributed by atoms with Gasteiger partial charge in [0.15, 0.2) is 28.7 Å². The summed E-state index contributed by atoms with van der Waals surface area (Å²) < 4.78 is 5.44. The van der Waals surface area contributed by atoms with Crippen LogP contribution in [-0.4, -0.2) is 25.6 Å². The van der Waals surface area contributed by atoms with Crippen LogP contribution < -0.4 is 10.2 Å². The number of anilines is 1. The normalized spacial score (nSPS) is 10.3. The zero-order chi connectivity index (χ0) is 14.9. The molecule has 0 bridgehead atoms. The summed E-state index contributed by atoms with van der Waals surface area (Å²) in [5, 5.41) is 46.5. The summed E-state index contributed by atoms with van der Waals surface area (Å²) in [5.41, 5.74) is 2.37. The van der Waals surface area contributed by atoms with E-state index in [0.717, 1.165) is 12.1 Å². The Bertz CT molecular complexity index is 656. The molecule has 0 aliphatic carbocycles. The highest BCUT2D eigenvalue weighted by Gasteiger charge is 2.13. The quantitative estimate of drug-likeness (QED) is 0.290. The molecule has 6 N–H and O–H groups in total. The monoisotopic (exact) mass is 279 g/mol. The van der Waals surface area contributed by atoms with E-state index < -0.39 is 11.5 Å². The highest BCUT2D eigenvalue weighted by Crippen LogP contribution is 2.41. The van der Waals surface area contributed by atoms with Gasteiger partial charge < -0.3 is 25.2 Å². The van der Waals surface area contributed by atoms with Gasteiger partial charge in [-0.1, -0.05) is 0 Å². The molecular formula is C13H13NO6. The van der Waals surface area contributed by atoms with Crippen molar-refractivity contribution in [1.82, 2.24) is 0 Å². The highest BCUT2D eigenvalue weighted by atomic mass is 16.5. The van der Waals surface area contributed by atoms with E-state index in [1.165, 1.54) is 12.1 Å². The van der Waals surface area contributed by atoms with Gasteiger partial charge >= 0.3 is 0 Å². The van der Waals surface area contributed by atoms with Crippen molar-refractivity contribution in [3.8, 4) is 34.5 Å². The molecule has 7 heteroatoms. The van der Waals surface area contributed by atoms with Crippen LogP contribution in [0.2, 0.25) is 0 Å². The van der Waals surface area contributed by atoms with E-state index in [1.807, 2.05) is 5.48 Å². The van der Waals surface area contributed by atoms with Crippen molar-refractivity contribution in [3.63, 3.8) is 0 Å². The van der Waals surface area contributed by atoms with E-state index in [1.54, 1.807) is 6.92 Å². The fourth-order valence-corrected chi connectivity index (χ4v) is 1.62. The lowest BCUT2D eigenvalue weighted by molar-refractivity contribution is 0.373. The third-order valence-corrected chi connectivity index (χ3v) is 2.69. The van der Waals surface area contributed by atoms with Crippen LogP contribution in [0, 0.1) is 6.92 Å². The van der Waals surface area contributed by atoms with Crippen LogP contribution in [-0.2, 0) is 0 Å². The summed E-state index contributed by atoms with van der Waals surface area (Å²) in [6.07, 6.45) is 0. The minimum absolute atomic E-state index is 0.0206. The predicted molar refractivity (Wildman–Crippen MR) is 69.8 cm³/mol. The highest BCUT2D eigenvalue weighted by molar-refractivity contribution is 5.64. The number of hydrogen-bond donors (Lipinski definition) is 6. The SMILES string of the molecule is Cc1cc(O)c(O)cc1Oc1cc(O)c(O)cc1NO. The van der Waals surface area contributed by atoms with E-state index >= 15 is 0 Å². The van der Waals surface area contributed by atoms with Crippen LogP contribution in [0.5, 0.6) is 34.5 Å². The second kappa shape index (κ2) is 5.06. The van der Waals surface area contributed by atoms with Gasteiger partial charge in [-0.15, -0.1) is 0 Å². The van der Waals surface area contributed by atoms with Crippen molar-refractivity contribution in [1.29, 1.82) is 0 Å². The van der Waals surface area contributed by atoms with Crippen LogP contribution in [0.4, 0.5) is 5.69 Å². The second-order valence-corrected chi connectivity index (χ2v) is 4.16. The largest absolute Gasteiger partial charge is 0.504 e. The third-order valence-electron chi connectivity index (χ3n) is 2.69. The Balaban J connectivity index is 2.44. The molecule has 20 heavy (non-hydrogen) atoms. The molecule has 2 aromatic rings. The zero-order valence-corrected chi connectivity index (χ0v) is 10.5. The summed E-state index contributed by atoms with van der Waals surface area (Å²) in [6.45, 7) is 1.64. The summed E-state index contributed by atoms with van der Waals surface area (Å²) in [7, 11) is 0. The van der Waals surface area contributed by atoms with Crippen molar-refractivity contribution in [2.45, 2.75) is 6.92 Å². The van der Waals surface area contributed by atoms with Gasteiger partial charge in [-0.25, -0.2) is 0 Å². The van der Waals surface area contributed by atoms with Gasteiger partial charge in [0.1, 0.15) is 11.4 Å². The predicted octanol–water partition coefficient (Wildman–Crippen LogP) is 2.41. The number of hydrogen-bond acceptors (Lipinski definition) is 7. The Hall–Kier alpha value is -2.80. The molecule has 0 saturated heterocycles. The Morgan fingerprint density at radius 1 is 0.800 bits per heavy atom. The number of aryl methyl sites for hydroxylation is 1. The lowest BCUT2D eigenvalue weighted by atomic mass is 10.2. The number of rotatable bonds is 3. The molecule has 0 atom stereocenters. The second-order valence-electron chi connectivity index (χ2n) is 4.16. The smallest absolute Gasteiger partial charge is 0.161 e. The van der Waals surface area contributed by atoms with Crippen molar-refractivity contribution >= 4 is 5.69 Å². The molecule has 0 aliphatic heterocycles. The van der Waals surface area contributed by atoms with Crippen molar-refractivity contribution < 1.29 is 30.4 Å². The van der Waals surface area contributed by atoms with Crippen molar-refractivity contribution in [2.24, 2.45) is 0 Å². The van der Waals surface area contributed by atoms with Crippen LogP contribution in [0.15, 0.2) is 24.3 Å². The summed E-state index contributed by atoms with van der Waals surface area (Å²) in [6, 6.07) is 4.66. The van der Waals surface area contributed by atoms with Crippen LogP contribution in [0.1, 0.15) is 5.56 Å². The third kappa shape index (κ3) is 2.47. The average Bonchev–Trinajstić information content (AvgIpc) is 2.39. The number of ether oxygens (including phenoxy) is 1. The molecule has 7 nitrogen and oxygen atoms in total. The van der Waals surface area contributed by atoms with Gasteiger partial charge in [0, 0.05) is 18.2 Å². The molecule has 0 fully saturated rings. The molecule has 2 aromatic carbocycles. The maximum absolute atomic E-state index is 9.44. The molecule has 2 rings (SSSR count). The first-order chi connectivity index (χ1) is 9.42. The molecule has 0 amide bonds. The molecular weight excluding hydrogens is 266 g/mol. The molecule has 0 aromatic heterocycles. The number of benzene rings is 2. The molecule has 0 unspecified atom stereocenters. The van der Waals surface area contributed by atoms with Crippen molar-refractivity contribution in [3.05, 3.63) is 29.8 Å². The van der Waals surface area contributed by atoms with Gasteiger partial charge in [0.05, 0.1) is 0 Å². The van der Waals surface area contributed by atoms with E-state index in [4.69, 9.17) is 9.94 Å². The Kier molecular flexibility index (Phi) is 3.45. The minimum Gasteiger partial charge on any atom is -0.504 e. The van der Waals surface area contributed by atoms with Crippen LogP contribution >= 0.6 is 0 Å². The van der Waals surface area contributed by atoms with Gasteiger partial charge in [0.25, 0.3) is 0 Å². The summed E-state index contributed by atoms with van der Waals surface area (Å²) >= 11 is 0. The molecule has 0 heterocycles. The topological polar surface area (TPSA) is 122 Å². The van der Waals surface area contributed by atoms with Crippen LogP contribution in [0.25, 0.3) is 0 Å². The average molecular weight is 279 g/mol. The molecule has 0 radical (unpaired) electrons. The first kappa shape index (κ1) is 13.6. The molecule has 0 spiro atoms. The zero-order valence-electron chi connectivity index (χ0n) is 10.5. The van der Waals surface area contributed by atoms with E-state index in [0.29, 0.717) is 5.56 Å². The lowest BCUT2D eigenvalue weighted by Crippen LogP contribution is -1.95. The number of phenols is 4. The van der Waals surface area contributed by atoms with E-state index in [9.17, 15) is 20.4 Å². The molecule has 0 saturated carbocycles. The molecule has 0 aliphatic rings. The van der Waals surface area contributed by atoms with Gasteiger partial charge in [-0.3, -0.25) is 10.7 Å². The van der Waals surface area contributed by atoms with E-state index in [2.05, 4.69) is 0 Å². The maximum atomic E-state index is 9.44. The fourth-order valence-electron chi connectivity index (χ4n) is 1.62. The number of aromatic hydroxyl groups is 4. The Morgan fingerprint density at radius 2 is 1.30 bits per heavy atom. The first-order valence-corrected chi connectivity index (χ1v) is 5.59. The standard InChI is InChI=1S/C13H13NO6/c1-6-2-8(15)10(17)4-12(6)20-13-5-11(18)9(16)3-7(13)14-19/h2-5,14-19H,1H3. The lowest BCUT2D eigenvalue weighted by Gasteiger charge is -2.14. The molecule has 106 valence electrons.